The van der Waals surface area contributed by atoms with E-state index in [2.05, 4.69) is 45.4 Å². The third-order valence-electron chi connectivity index (χ3n) is 7.40. The van der Waals surface area contributed by atoms with Gasteiger partial charge in [-0.2, -0.15) is 4.98 Å². The first kappa shape index (κ1) is 21.7. The number of hydrogen-bond donors (Lipinski definition) is 1. The normalized spacial score (nSPS) is 22.6. The second kappa shape index (κ2) is 10.7. The van der Waals surface area contributed by atoms with Crippen LogP contribution in [0.25, 0.3) is 0 Å². The Kier molecular flexibility index (Phi) is 7.22. The number of aromatic nitrogens is 2. The average Bonchev–Trinajstić information content (AvgIpc) is 3.22. The number of fused-ring (bicyclic) bond motifs is 1. The molecule has 1 aliphatic carbocycles. The Morgan fingerprint density at radius 1 is 0.812 bits per heavy atom. The van der Waals surface area contributed by atoms with E-state index in [0.29, 0.717) is 6.04 Å². The standard InChI is InChI=1S/C27H39N5/c1-2-10-19-32(18-9-1)26-24-15-6-7-16-25(24)29-27(30-26)28-23-14-8-11-17-31(21-23)20-22-12-4-3-5-13-22/h3-5,12-13,23H,1-2,6-11,14-21H2,(H,28,29,30)/t23-/m0/s1. The van der Waals surface area contributed by atoms with Crippen LogP contribution in [0.2, 0.25) is 0 Å². The summed E-state index contributed by atoms with van der Waals surface area (Å²) in [5, 5.41) is 3.79. The van der Waals surface area contributed by atoms with Crippen LogP contribution in [0.5, 0.6) is 0 Å². The number of aryl methyl sites for hydroxylation is 1. The largest absolute Gasteiger partial charge is 0.356 e. The van der Waals surface area contributed by atoms with E-state index in [1.807, 2.05) is 0 Å². The summed E-state index contributed by atoms with van der Waals surface area (Å²) in [7, 11) is 0. The van der Waals surface area contributed by atoms with Crippen molar-refractivity contribution in [3.05, 3.63) is 47.2 Å². The van der Waals surface area contributed by atoms with Crippen molar-refractivity contribution in [2.45, 2.75) is 83.2 Å². The van der Waals surface area contributed by atoms with Crippen LogP contribution in [0.1, 0.15) is 74.6 Å². The van der Waals surface area contributed by atoms with Crippen LogP contribution in [0.15, 0.2) is 30.3 Å². The lowest BCUT2D eigenvalue weighted by molar-refractivity contribution is 0.269. The van der Waals surface area contributed by atoms with Crippen LogP contribution in [0.3, 0.4) is 0 Å². The fraction of sp³-hybridized carbons (Fsp3) is 0.630. The van der Waals surface area contributed by atoms with Crippen LogP contribution in [0.4, 0.5) is 11.8 Å². The number of likely N-dealkylation sites (tertiary alicyclic amines) is 1. The van der Waals surface area contributed by atoms with E-state index in [1.54, 1.807) is 0 Å². The van der Waals surface area contributed by atoms with Gasteiger partial charge in [0.25, 0.3) is 0 Å². The molecule has 2 saturated heterocycles. The Labute approximate surface area is 193 Å². The van der Waals surface area contributed by atoms with Crippen LogP contribution in [0, 0.1) is 0 Å². The van der Waals surface area contributed by atoms with Crippen LogP contribution in [-0.4, -0.2) is 47.1 Å². The summed E-state index contributed by atoms with van der Waals surface area (Å²) in [6, 6.07) is 11.3. The van der Waals surface area contributed by atoms with Gasteiger partial charge in [0, 0.05) is 37.8 Å². The summed E-state index contributed by atoms with van der Waals surface area (Å²) in [5.74, 6) is 2.12. The number of nitrogens with zero attached hydrogens (tertiary/aromatic N) is 4. The van der Waals surface area contributed by atoms with Gasteiger partial charge in [-0.1, -0.05) is 49.6 Å². The molecule has 1 aromatic carbocycles. The van der Waals surface area contributed by atoms with Gasteiger partial charge in [-0.3, -0.25) is 4.90 Å². The zero-order valence-electron chi connectivity index (χ0n) is 19.6. The van der Waals surface area contributed by atoms with E-state index in [4.69, 9.17) is 9.97 Å². The zero-order valence-corrected chi connectivity index (χ0v) is 19.6. The molecule has 172 valence electrons. The number of rotatable bonds is 5. The molecule has 1 N–H and O–H groups in total. The molecule has 1 atom stereocenters. The molecule has 0 bridgehead atoms. The Hall–Kier alpha value is -2.14. The van der Waals surface area contributed by atoms with Gasteiger partial charge in [-0.15, -0.1) is 0 Å². The monoisotopic (exact) mass is 433 g/mol. The van der Waals surface area contributed by atoms with Gasteiger partial charge >= 0.3 is 0 Å². The number of benzene rings is 1. The molecular formula is C27H39N5. The first-order chi connectivity index (χ1) is 15.8. The predicted molar refractivity (Wildman–Crippen MR) is 132 cm³/mol. The first-order valence-electron chi connectivity index (χ1n) is 13.0. The van der Waals surface area contributed by atoms with E-state index < -0.39 is 0 Å². The summed E-state index contributed by atoms with van der Waals surface area (Å²) >= 11 is 0. The smallest absolute Gasteiger partial charge is 0.225 e. The number of nitrogens with one attached hydrogen (secondary N) is 1. The topological polar surface area (TPSA) is 44.3 Å². The minimum Gasteiger partial charge on any atom is -0.356 e. The van der Waals surface area contributed by atoms with Crippen molar-refractivity contribution in [2.75, 3.05) is 36.4 Å². The van der Waals surface area contributed by atoms with Crippen molar-refractivity contribution in [3.63, 3.8) is 0 Å². The highest BCUT2D eigenvalue weighted by atomic mass is 15.2. The third-order valence-corrected chi connectivity index (χ3v) is 7.40. The van der Waals surface area contributed by atoms with Crippen molar-refractivity contribution >= 4 is 11.8 Å². The molecule has 0 amide bonds. The summed E-state index contributed by atoms with van der Waals surface area (Å²) < 4.78 is 0. The van der Waals surface area contributed by atoms with Crippen molar-refractivity contribution in [3.8, 4) is 0 Å². The highest BCUT2D eigenvalue weighted by Gasteiger charge is 2.24. The van der Waals surface area contributed by atoms with Gasteiger partial charge < -0.3 is 10.2 Å². The minimum absolute atomic E-state index is 0.417. The van der Waals surface area contributed by atoms with Gasteiger partial charge in [-0.05, 0) is 63.5 Å². The quantitative estimate of drug-likeness (QED) is 0.702. The Morgan fingerprint density at radius 2 is 1.59 bits per heavy atom. The minimum atomic E-state index is 0.417. The molecule has 5 rings (SSSR count). The number of hydrogen-bond acceptors (Lipinski definition) is 5. The number of anilines is 2. The molecule has 3 aliphatic rings. The second-order valence-corrected chi connectivity index (χ2v) is 9.96. The molecular weight excluding hydrogens is 394 g/mol. The second-order valence-electron chi connectivity index (χ2n) is 9.96. The fourth-order valence-electron chi connectivity index (χ4n) is 5.69. The maximum Gasteiger partial charge on any atom is 0.225 e. The van der Waals surface area contributed by atoms with Gasteiger partial charge in [-0.25, -0.2) is 4.98 Å². The Morgan fingerprint density at radius 3 is 2.44 bits per heavy atom. The van der Waals surface area contributed by atoms with Crippen molar-refractivity contribution < 1.29 is 0 Å². The summed E-state index contributed by atoms with van der Waals surface area (Å²) in [5.41, 5.74) is 4.15. The summed E-state index contributed by atoms with van der Waals surface area (Å²) in [6.45, 7) is 5.57. The van der Waals surface area contributed by atoms with Gasteiger partial charge in [0.05, 0.1) is 5.69 Å². The highest BCUT2D eigenvalue weighted by molar-refractivity contribution is 5.54. The lowest BCUT2D eigenvalue weighted by atomic mass is 9.96. The molecule has 0 saturated carbocycles. The molecule has 2 fully saturated rings. The Balaban J connectivity index is 1.33. The fourth-order valence-corrected chi connectivity index (χ4v) is 5.69. The molecule has 2 aliphatic heterocycles. The van der Waals surface area contributed by atoms with Crippen LogP contribution >= 0.6 is 0 Å². The predicted octanol–water partition coefficient (Wildman–Crippen LogP) is 5.20. The maximum absolute atomic E-state index is 5.17. The van der Waals surface area contributed by atoms with Crippen molar-refractivity contribution in [1.82, 2.24) is 14.9 Å². The molecule has 5 heteroatoms. The zero-order chi connectivity index (χ0) is 21.6. The van der Waals surface area contributed by atoms with Gasteiger partial charge in [0.1, 0.15) is 5.82 Å². The summed E-state index contributed by atoms with van der Waals surface area (Å²) in [6.07, 6.45) is 13.8. The van der Waals surface area contributed by atoms with E-state index in [0.717, 1.165) is 45.0 Å². The first-order valence-corrected chi connectivity index (χ1v) is 13.0. The lowest BCUT2D eigenvalue weighted by Gasteiger charge is -2.29. The lowest BCUT2D eigenvalue weighted by Crippen LogP contribution is -2.36. The molecule has 0 radical (unpaired) electrons. The van der Waals surface area contributed by atoms with E-state index >= 15 is 0 Å². The molecule has 3 heterocycles. The van der Waals surface area contributed by atoms with Gasteiger partial charge in [0.15, 0.2) is 0 Å². The molecule has 1 aromatic heterocycles. The summed E-state index contributed by atoms with van der Waals surface area (Å²) in [4.78, 5) is 15.4. The van der Waals surface area contributed by atoms with Crippen LogP contribution < -0.4 is 10.2 Å². The average molecular weight is 434 g/mol. The van der Waals surface area contributed by atoms with E-state index in [9.17, 15) is 0 Å². The van der Waals surface area contributed by atoms with Crippen molar-refractivity contribution in [2.24, 2.45) is 0 Å². The highest BCUT2D eigenvalue weighted by Crippen LogP contribution is 2.31. The Bertz CT molecular complexity index is 860. The third kappa shape index (κ3) is 5.43. The van der Waals surface area contributed by atoms with Crippen LogP contribution in [-0.2, 0) is 19.4 Å². The molecule has 5 nitrogen and oxygen atoms in total. The SMILES string of the molecule is c1ccc(CN2CCCC[C@H](Nc3nc4c(c(N5CCCCCC5)n3)CCCC4)C2)cc1. The molecule has 2 aromatic rings. The molecule has 0 spiro atoms. The van der Waals surface area contributed by atoms with Crippen molar-refractivity contribution in [1.29, 1.82) is 0 Å². The van der Waals surface area contributed by atoms with Gasteiger partial charge in [0.2, 0.25) is 5.95 Å². The molecule has 0 unspecified atom stereocenters. The van der Waals surface area contributed by atoms with E-state index in [1.165, 1.54) is 87.0 Å². The molecule has 32 heavy (non-hydrogen) atoms. The van der Waals surface area contributed by atoms with E-state index in [-0.39, 0.29) is 0 Å². The maximum atomic E-state index is 5.17.